The lowest BCUT2D eigenvalue weighted by Gasteiger charge is -2.10. The largest absolute Gasteiger partial charge is 0.324 e. The van der Waals surface area contributed by atoms with Gasteiger partial charge in [-0.25, -0.2) is 0 Å². The summed E-state index contributed by atoms with van der Waals surface area (Å²) >= 11 is 0. The van der Waals surface area contributed by atoms with E-state index in [0.717, 1.165) is 12.8 Å². The summed E-state index contributed by atoms with van der Waals surface area (Å²) in [4.78, 5) is 0. The summed E-state index contributed by atoms with van der Waals surface area (Å²) in [5, 5.41) is 0. The van der Waals surface area contributed by atoms with E-state index in [1.54, 1.807) is 0 Å². The maximum atomic E-state index is 6.02. The van der Waals surface area contributed by atoms with E-state index in [4.69, 9.17) is 5.73 Å². The van der Waals surface area contributed by atoms with E-state index in [2.05, 4.69) is 26.0 Å². The molecule has 2 heteroatoms. The van der Waals surface area contributed by atoms with Crippen molar-refractivity contribution in [3.05, 3.63) is 34.4 Å². The molecule has 0 spiro atoms. The molecule has 0 aromatic heterocycles. The molecule has 1 aliphatic rings. The second kappa shape index (κ2) is 3.69. The molecule has 13 heavy (non-hydrogen) atoms. The monoisotopic (exact) mass is 197 g/mol. The Balaban J connectivity index is 0.000000845. The molecule has 0 heterocycles. The highest BCUT2D eigenvalue weighted by Crippen LogP contribution is 2.32. The van der Waals surface area contributed by atoms with E-state index in [1.807, 2.05) is 0 Å². The number of rotatable bonds is 0. The SMILES string of the molecule is Cc1ccc2c(c1C)C(N)CC2.Cl. The molecule has 1 aliphatic carbocycles. The zero-order valence-electron chi connectivity index (χ0n) is 8.13. The summed E-state index contributed by atoms with van der Waals surface area (Å²) in [5.74, 6) is 0. The summed E-state index contributed by atoms with van der Waals surface area (Å²) in [7, 11) is 0. The van der Waals surface area contributed by atoms with Gasteiger partial charge in [0.05, 0.1) is 0 Å². The molecule has 0 fully saturated rings. The van der Waals surface area contributed by atoms with Gasteiger partial charge in [-0.05, 0) is 48.9 Å². The fourth-order valence-corrected chi connectivity index (χ4v) is 2.08. The van der Waals surface area contributed by atoms with Gasteiger partial charge in [-0.3, -0.25) is 0 Å². The van der Waals surface area contributed by atoms with Gasteiger partial charge in [0.15, 0.2) is 0 Å². The van der Waals surface area contributed by atoms with Crippen molar-refractivity contribution in [2.45, 2.75) is 32.7 Å². The normalized spacial score (nSPS) is 19.5. The summed E-state index contributed by atoms with van der Waals surface area (Å²) in [5.41, 5.74) is 11.7. The van der Waals surface area contributed by atoms with Gasteiger partial charge in [-0.15, -0.1) is 12.4 Å². The molecule has 0 amide bonds. The van der Waals surface area contributed by atoms with Gasteiger partial charge < -0.3 is 5.73 Å². The maximum absolute atomic E-state index is 6.02. The summed E-state index contributed by atoms with van der Waals surface area (Å²) in [6.07, 6.45) is 2.29. The highest BCUT2D eigenvalue weighted by Gasteiger charge is 2.20. The molecule has 1 atom stereocenters. The summed E-state index contributed by atoms with van der Waals surface area (Å²) < 4.78 is 0. The number of hydrogen-bond acceptors (Lipinski definition) is 1. The standard InChI is InChI=1S/C11H15N.ClH/c1-7-3-4-9-5-6-10(12)11(9)8(7)2;/h3-4,10H,5-6,12H2,1-2H3;1H. The molecule has 1 aromatic rings. The van der Waals surface area contributed by atoms with Crippen LogP contribution in [0.1, 0.15) is 34.7 Å². The Hall–Kier alpha value is -0.530. The lowest BCUT2D eigenvalue weighted by Crippen LogP contribution is -2.07. The Kier molecular flexibility index (Phi) is 2.99. The predicted octanol–water partition coefficient (Wildman–Crippen LogP) is 2.67. The van der Waals surface area contributed by atoms with Crippen molar-refractivity contribution in [3.63, 3.8) is 0 Å². The third-order valence-corrected chi connectivity index (χ3v) is 2.97. The van der Waals surface area contributed by atoms with Gasteiger partial charge in [-0.1, -0.05) is 12.1 Å². The molecule has 0 saturated carbocycles. The van der Waals surface area contributed by atoms with E-state index < -0.39 is 0 Å². The van der Waals surface area contributed by atoms with Crippen molar-refractivity contribution in [1.29, 1.82) is 0 Å². The lowest BCUT2D eigenvalue weighted by atomic mass is 9.98. The molecule has 72 valence electrons. The van der Waals surface area contributed by atoms with Crippen LogP contribution in [-0.2, 0) is 6.42 Å². The van der Waals surface area contributed by atoms with E-state index in [0.29, 0.717) is 6.04 Å². The molecule has 0 saturated heterocycles. The third kappa shape index (κ3) is 1.59. The molecule has 1 nitrogen and oxygen atoms in total. The molecule has 2 rings (SSSR count). The van der Waals surface area contributed by atoms with E-state index in [9.17, 15) is 0 Å². The number of hydrogen-bond donors (Lipinski definition) is 1. The first-order valence-corrected chi connectivity index (χ1v) is 4.54. The van der Waals surface area contributed by atoms with Crippen LogP contribution in [0.3, 0.4) is 0 Å². The van der Waals surface area contributed by atoms with E-state index in [1.165, 1.54) is 22.3 Å². The second-order valence-electron chi connectivity index (χ2n) is 3.73. The van der Waals surface area contributed by atoms with Crippen LogP contribution in [0.4, 0.5) is 0 Å². The van der Waals surface area contributed by atoms with Gasteiger partial charge >= 0.3 is 0 Å². The quantitative estimate of drug-likeness (QED) is 0.680. The summed E-state index contributed by atoms with van der Waals surface area (Å²) in [6, 6.07) is 4.72. The number of fused-ring (bicyclic) bond motifs is 1. The first kappa shape index (κ1) is 10.6. The van der Waals surface area contributed by atoms with Gasteiger partial charge in [0.1, 0.15) is 0 Å². The van der Waals surface area contributed by atoms with Crippen LogP contribution in [0.2, 0.25) is 0 Å². The average molecular weight is 198 g/mol. The highest BCUT2D eigenvalue weighted by molar-refractivity contribution is 5.85. The van der Waals surface area contributed by atoms with Crippen LogP contribution >= 0.6 is 12.4 Å². The molecule has 0 aliphatic heterocycles. The minimum atomic E-state index is 0. The van der Waals surface area contributed by atoms with E-state index >= 15 is 0 Å². The molecular formula is C11H16ClN. The van der Waals surface area contributed by atoms with Crippen molar-refractivity contribution in [2.75, 3.05) is 0 Å². The Labute approximate surface area is 85.7 Å². The first-order chi connectivity index (χ1) is 5.70. The van der Waals surface area contributed by atoms with Crippen LogP contribution in [-0.4, -0.2) is 0 Å². The third-order valence-electron chi connectivity index (χ3n) is 2.97. The first-order valence-electron chi connectivity index (χ1n) is 4.54. The van der Waals surface area contributed by atoms with Crippen LogP contribution in [0.15, 0.2) is 12.1 Å². The molecular weight excluding hydrogens is 182 g/mol. The second-order valence-corrected chi connectivity index (χ2v) is 3.73. The van der Waals surface area contributed by atoms with Crippen molar-refractivity contribution < 1.29 is 0 Å². The number of halogens is 1. The van der Waals surface area contributed by atoms with Crippen LogP contribution < -0.4 is 5.73 Å². The van der Waals surface area contributed by atoms with Gasteiger partial charge in [0.25, 0.3) is 0 Å². The highest BCUT2D eigenvalue weighted by atomic mass is 35.5. The Morgan fingerprint density at radius 1 is 1.31 bits per heavy atom. The zero-order valence-corrected chi connectivity index (χ0v) is 8.95. The van der Waals surface area contributed by atoms with Gasteiger partial charge in [0, 0.05) is 6.04 Å². The number of nitrogens with two attached hydrogens (primary N) is 1. The van der Waals surface area contributed by atoms with Crippen molar-refractivity contribution in [3.8, 4) is 0 Å². The minimum Gasteiger partial charge on any atom is -0.324 e. The molecule has 2 N–H and O–H groups in total. The lowest BCUT2D eigenvalue weighted by molar-refractivity contribution is 0.710. The van der Waals surface area contributed by atoms with Crippen molar-refractivity contribution in [1.82, 2.24) is 0 Å². The van der Waals surface area contributed by atoms with E-state index in [-0.39, 0.29) is 12.4 Å². The molecule has 1 unspecified atom stereocenters. The fraction of sp³-hybridized carbons (Fsp3) is 0.455. The predicted molar refractivity (Wildman–Crippen MR) is 58.4 cm³/mol. The topological polar surface area (TPSA) is 26.0 Å². The number of aryl methyl sites for hydroxylation is 2. The Morgan fingerprint density at radius 3 is 2.69 bits per heavy atom. The van der Waals surface area contributed by atoms with Crippen molar-refractivity contribution in [2.24, 2.45) is 5.73 Å². The molecule has 0 radical (unpaired) electrons. The van der Waals surface area contributed by atoms with Crippen molar-refractivity contribution >= 4 is 12.4 Å². The average Bonchev–Trinajstić information content (AvgIpc) is 2.41. The minimum absolute atomic E-state index is 0. The summed E-state index contributed by atoms with van der Waals surface area (Å²) in [6.45, 7) is 4.33. The fourth-order valence-electron chi connectivity index (χ4n) is 2.08. The Bertz CT molecular complexity index is 320. The zero-order chi connectivity index (χ0) is 8.72. The van der Waals surface area contributed by atoms with Crippen LogP contribution in [0, 0.1) is 13.8 Å². The van der Waals surface area contributed by atoms with Crippen LogP contribution in [0.5, 0.6) is 0 Å². The smallest absolute Gasteiger partial charge is 0.0303 e. The molecule has 1 aromatic carbocycles. The molecule has 0 bridgehead atoms. The Morgan fingerprint density at radius 2 is 2.00 bits per heavy atom. The maximum Gasteiger partial charge on any atom is 0.0303 e. The van der Waals surface area contributed by atoms with Gasteiger partial charge in [-0.2, -0.15) is 0 Å². The number of benzene rings is 1. The van der Waals surface area contributed by atoms with Gasteiger partial charge in [0.2, 0.25) is 0 Å². The van der Waals surface area contributed by atoms with Crippen LogP contribution in [0.25, 0.3) is 0 Å².